The molecule has 5 nitrogen and oxygen atoms in total. The minimum absolute atomic E-state index is 0.0597. The van der Waals surface area contributed by atoms with Crippen molar-refractivity contribution in [3.63, 3.8) is 0 Å². The number of nitrogens with one attached hydrogen (secondary N) is 1. The Kier molecular flexibility index (Phi) is 6.60. The van der Waals surface area contributed by atoms with E-state index in [1.807, 2.05) is 13.2 Å². The van der Waals surface area contributed by atoms with Crippen LogP contribution in [0.25, 0.3) is 0 Å². The molecule has 1 heterocycles. The summed E-state index contributed by atoms with van der Waals surface area (Å²) in [6, 6.07) is 13.4. The second kappa shape index (κ2) is 8.78. The average molecular weight is 454 g/mol. The van der Waals surface area contributed by atoms with Gasteiger partial charge in [0.15, 0.2) is 0 Å². The molecule has 28 heavy (non-hydrogen) atoms. The van der Waals surface area contributed by atoms with Crippen molar-refractivity contribution in [2.45, 2.75) is 6.92 Å². The third kappa shape index (κ3) is 4.49. The third-order valence-electron chi connectivity index (χ3n) is 4.27. The molecule has 1 N–H and O–H groups in total. The highest BCUT2D eigenvalue weighted by atomic mass is 35.5. The molecule has 1 aliphatic heterocycles. The third-order valence-corrected chi connectivity index (χ3v) is 6.49. The molecule has 146 valence electrons. The van der Waals surface area contributed by atoms with Crippen LogP contribution in [0.15, 0.2) is 53.6 Å². The summed E-state index contributed by atoms with van der Waals surface area (Å²) >= 11 is 11.9. The fourth-order valence-corrected chi connectivity index (χ4v) is 4.55. The number of hydrogen-bond acceptors (Lipinski definition) is 5. The molecule has 0 saturated carbocycles. The Morgan fingerprint density at radius 2 is 1.64 bits per heavy atom. The van der Waals surface area contributed by atoms with Gasteiger partial charge in [-0.1, -0.05) is 46.1 Å². The predicted molar refractivity (Wildman–Crippen MR) is 119 cm³/mol. The lowest BCUT2D eigenvalue weighted by Crippen LogP contribution is -2.40. The molecule has 0 bridgehead atoms. The number of nitrogens with zero attached hydrogens (tertiary/aromatic N) is 2. The van der Waals surface area contributed by atoms with E-state index in [9.17, 15) is 9.59 Å². The van der Waals surface area contributed by atoms with Crippen molar-refractivity contribution >= 4 is 67.3 Å². The summed E-state index contributed by atoms with van der Waals surface area (Å²) < 4.78 is 0. The number of urea groups is 1. The molecule has 0 radical (unpaired) electrons. The number of carbonyl (C=O) groups excluding carboxylic acids is 2. The van der Waals surface area contributed by atoms with E-state index in [-0.39, 0.29) is 11.7 Å². The molecule has 0 saturated heterocycles. The molecule has 0 aliphatic carbocycles. The van der Waals surface area contributed by atoms with Gasteiger partial charge in [0.05, 0.1) is 12.3 Å². The highest BCUT2D eigenvalue weighted by Crippen LogP contribution is 2.39. The molecule has 2 aromatic rings. The quantitative estimate of drug-likeness (QED) is 0.594. The second-order valence-corrected chi connectivity index (χ2v) is 9.56. The minimum atomic E-state index is -0.932. The number of hydrogen-bond donors (Lipinski definition) is 1. The van der Waals surface area contributed by atoms with Crippen LogP contribution in [0.2, 0.25) is 10.0 Å². The van der Waals surface area contributed by atoms with Crippen LogP contribution in [0.3, 0.4) is 0 Å². The fourth-order valence-electron chi connectivity index (χ4n) is 2.79. The van der Waals surface area contributed by atoms with Crippen LogP contribution in [-0.2, 0) is 4.79 Å². The van der Waals surface area contributed by atoms with Gasteiger partial charge < -0.3 is 5.32 Å². The van der Waals surface area contributed by atoms with Gasteiger partial charge in [-0.05, 0) is 65.9 Å². The van der Waals surface area contributed by atoms with E-state index in [2.05, 4.69) is 10.4 Å². The molecular formula is C19H17Cl2N3O2S2. The van der Waals surface area contributed by atoms with Crippen molar-refractivity contribution in [1.82, 2.24) is 5.01 Å². The number of carbonyl (C=O) groups is 2. The van der Waals surface area contributed by atoms with E-state index in [1.165, 1.54) is 15.8 Å². The number of rotatable bonds is 4. The summed E-state index contributed by atoms with van der Waals surface area (Å²) in [5.74, 6) is 0. The van der Waals surface area contributed by atoms with Gasteiger partial charge >= 0.3 is 6.03 Å². The van der Waals surface area contributed by atoms with Gasteiger partial charge in [-0.3, -0.25) is 4.79 Å². The van der Waals surface area contributed by atoms with Gasteiger partial charge in [0.1, 0.15) is 5.41 Å². The van der Waals surface area contributed by atoms with Crippen LogP contribution in [0, 0.1) is 5.41 Å². The second-order valence-electron chi connectivity index (χ2n) is 6.32. The maximum atomic E-state index is 12.8. The summed E-state index contributed by atoms with van der Waals surface area (Å²) in [7, 11) is 2.51. The first kappa shape index (κ1) is 21.0. The first-order valence-corrected chi connectivity index (χ1v) is 11.6. The Hall–Kier alpha value is -1.67. The van der Waals surface area contributed by atoms with Crippen LogP contribution < -0.4 is 5.32 Å². The first-order chi connectivity index (χ1) is 13.3. The molecule has 1 atom stereocenters. The van der Waals surface area contributed by atoms with Crippen LogP contribution >= 0.6 is 44.8 Å². The summed E-state index contributed by atoms with van der Waals surface area (Å²) in [6.45, 7) is 1.96. The molecular weight excluding hydrogens is 437 g/mol. The van der Waals surface area contributed by atoms with Crippen molar-refractivity contribution in [2.24, 2.45) is 10.5 Å². The maximum Gasteiger partial charge on any atom is 0.342 e. The molecule has 0 spiro atoms. The number of benzene rings is 2. The van der Waals surface area contributed by atoms with E-state index < -0.39 is 11.4 Å². The molecule has 0 fully saturated rings. The summed E-state index contributed by atoms with van der Waals surface area (Å²) in [5.41, 5.74) is 0.959. The fraction of sp³-hybridized carbons (Fsp3) is 0.211. The van der Waals surface area contributed by atoms with E-state index in [4.69, 9.17) is 23.2 Å². The Bertz CT molecular complexity index is 920. The molecule has 2 amide bonds. The summed E-state index contributed by atoms with van der Waals surface area (Å²) in [4.78, 5) is 25.6. The molecule has 3 rings (SSSR count). The molecule has 9 heteroatoms. The SMILES string of the molecule is CSSC(=O)C1(C)CN(C(=O)Nc2ccc(Cl)cc2)N=C1c1ccc(Cl)cc1. The minimum Gasteiger partial charge on any atom is -0.306 e. The largest absolute Gasteiger partial charge is 0.342 e. The van der Waals surface area contributed by atoms with Gasteiger partial charge in [-0.15, -0.1) is 0 Å². The zero-order valence-corrected chi connectivity index (χ0v) is 18.3. The van der Waals surface area contributed by atoms with E-state index in [1.54, 1.807) is 48.5 Å². The summed E-state index contributed by atoms with van der Waals surface area (Å²) in [6.07, 6.45) is 1.84. The molecule has 1 unspecified atom stereocenters. The predicted octanol–water partition coefficient (Wildman–Crippen LogP) is 5.79. The van der Waals surface area contributed by atoms with Crippen molar-refractivity contribution in [2.75, 3.05) is 18.1 Å². The zero-order valence-electron chi connectivity index (χ0n) is 15.1. The summed E-state index contributed by atoms with van der Waals surface area (Å²) in [5, 5.41) is 9.66. The van der Waals surface area contributed by atoms with Gasteiger partial charge in [0, 0.05) is 15.7 Å². The maximum absolute atomic E-state index is 12.8. The standard InChI is InChI=1S/C19H17Cl2N3O2S2/c1-19(17(25)28-27-2)11-24(18(26)22-15-9-7-14(21)8-10-15)23-16(19)12-3-5-13(20)6-4-12/h3-10H,11H2,1-2H3,(H,22,26). The van der Waals surface area contributed by atoms with Crippen molar-refractivity contribution in [1.29, 1.82) is 0 Å². The number of halogens is 2. The Morgan fingerprint density at radius 3 is 2.21 bits per heavy atom. The Labute approximate surface area is 181 Å². The lowest BCUT2D eigenvalue weighted by molar-refractivity contribution is -0.115. The smallest absolute Gasteiger partial charge is 0.306 e. The van der Waals surface area contributed by atoms with Crippen LogP contribution in [0.4, 0.5) is 10.5 Å². The highest BCUT2D eigenvalue weighted by Gasteiger charge is 2.47. The average Bonchev–Trinajstić information content (AvgIpc) is 3.04. The van der Waals surface area contributed by atoms with E-state index in [0.29, 0.717) is 21.4 Å². The van der Waals surface area contributed by atoms with Gasteiger partial charge in [0.2, 0.25) is 5.12 Å². The van der Waals surface area contributed by atoms with Crippen molar-refractivity contribution < 1.29 is 9.59 Å². The molecule has 0 aromatic heterocycles. The van der Waals surface area contributed by atoms with Crippen molar-refractivity contribution in [3.8, 4) is 0 Å². The normalized spacial score (nSPS) is 18.7. The van der Waals surface area contributed by atoms with Crippen LogP contribution in [0.5, 0.6) is 0 Å². The monoisotopic (exact) mass is 453 g/mol. The van der Waals surface area contributed by atoms with Gasteiger partial charge in [0.25, 0.3) is 0 Å². The van der Waals surface area contributed by atoms with E-state index >= 15 is 0 Å². The van der Waals surface area contributed by atoms with Crippen molar-refractivity contribution in [3.05, 3.63) is 64.1 Å². The van der Waals surface area contributed by atoms with Crippen LogP contribution in [-0.4, -0.2) is 34.7 Å². The first-order valence-electron chi connectivity index (χ1n) is 8.27. The van der Waals surface area contributed by atoms with Gasteiger partial charge in [-0.2, -0.15) is 5.10 Å². The number of hydrazone groups is 1. The molecule has 2 aromatic carbocycles. The lowest BCUT2D eigenvalue weighted by Gasteiger charge is -2.23. The lowest BCUT2D eigenvalue weighted by atomic mass is 9.83. The number of amides is 2. The van der Waals surface area contributed by atoms with Crippen LogP contribution in [0.1, 0.15) is 12.5 Å². The Balaban J connectivity index is 1.90. The van der Waals surface area contributed by atoms with Gasteiger partial charge in [-0.25, -0.2) is 9.80 Å². The topological polar surface area (TPSA) is 61.8 Å². The Morgan fingerprint density at radius 1 is 1.07 bits per heavy atom. The highest BCUT2D eigenvalue weighted by molar-refractivity contribution is 8.82. The van der Waals surface area contributed by atoms with E-state index in [0.717, 1.165) is 16.4 Å². The molecule has 1 aliphatic rings. The zero-order chi connectivity index (χ0) is 20.3. The number of anilines is 1.